The molecule has 3 aromatic carbocycles. The van der Waals surface area contributed by atoms with Crippen molar-refractivity contribution in [3.05, 3.63) is 96.1 Å². The summed E-state index contributed by atoms with van der Waals surface area (Å²) in [5, 5.41) is 5.53. The van der Waals surface area contributed by atoms with Gasteiger partial charge in [0.2, 0.25) is 17.7 Å². The topological polar surface area (TPSA) is 166 Å². The van der Waals surface area contributed by atoms with E-state index in [1.54, 1.807) is 13.8 Å². The zero-order valence-corrected chi connectivity index (χ0v) is 25.9. The van der Waals surface area contributed by atoms with Gasteiger partial charge < -0.3 is 26.8 Å². The van der Waals surface area contributed by atoms with Crippen LogP contribution in [-0.2, 0) is 36.9 Å². The van der Waals surface area contributed by atoms with Gasteiger partial charge in [0.05, 0.1) is 5.84 Å². The summed E-state index contributed by atoms with van der Waals surface area (Å²) < 4.78 is 5.32. The molecule has 0 saturated heterocycles. The third-order valence-electron chi connectivity index (χ3n) is 7.28. The standard InChI is InChI=1S/C35H43N5O5/c1-24(15-20-32(41)45-23-27-10-5-3-6-11-27)34(43)40-31(35(44)39-30(33(37)42)14-9-21-38-25(2)36)22-26-16-18-29(19-17-26)28-12-7-4-8-13-28/h3-8,10-13,16-19,24,30-31H,9,14-15,20-23H2,1-2H3,(H2,36,38)(H2,37,42)(H,39,44)(H,40,43). The fourth-order valence-electron chi connectivity index (χ4n) is 4.61. The predicted octanol–water partition coefficient (Wildman–Crippen LogP) is 3.67. The van der Waals surface area contributed by atoms with E-state index in [2.05, 4.69) is 15.6 Å². The Morgan fingerprint density at radius 2 is 1.36 bits per heavy atom. The fourth-order valence-corrected chi connectivity index (χ4v) is 4.61. The minimum Gasteiger partial charge on any atom is -0.461 e. The number of nitrogens with zero attached hydrogens (tertiary/aromatic N) is 1. The average Bonchev–Trinajstić information content (AvgIpc) is 3.04. The summed E-state index contributed by atoms with van der Waals surface area (Å²) in [7, 11) is 0. The van der Waals surface area contributed by atoms with Crippen LogP contribution in [0.4, 0.5) is 0 Å². The van der Waals surface area contributed by atoms with E-state index in [0.717, 1.165) is 22.3 Å². The number of amides is 3. The number of rotatable bonds is 17. The number of carbonyl (C=O) groups excluding carboxylic acids is 4. The lowest BCUT2D eigenvalue weighted by Crippen LogP contribution is -2.54. The van der Waals surface area contributed by atoms with E-state index < -0.39 is 41.7 Å². The van der Waals surface area contributed by atoms with Gasteiger partial charge in [-0.15, -0.1) is 0 Å². The number of aliphatic imine (C=N–C) groups is 1. The second-order valence-electron chi connectivity index (χ2n) is 11.0. The van der Waals surface area contributed by atoms with Crippen molar-refractivity contribution in [1.29, 1.82) is 0 Å². The van der Waals surface area contributed by atoms with Crippen molar-refractivity contribution in [3.63, 3.8) is 0 Å². The third-order valence-corrected chi connectivity index (χ3v) is 7.28. The quantitative estimate of drug-likeness (QED) is 0.0785. The molecule has 0 heterocycles. The number of hydrogen-bond acceptors (Lipinski definition) is 6. The minimum atomic E-state index is -0.987. The molecule has 0 spiro atoms. The summed E-state index contributed by atoms with van der Waals surface area (Å²) in [6, 6.07) is 25.0. The predicted molar refractivity (Wildman–Crippen MR) is 175 cm³/mol. The van der Waals surface area contributed by atoms with E-state index in [1.807, 2.05) is 84.9 Å². The van der Waals surface area contributed by atoms with Gasteiger partial charge in [0, 0.05) is 25.3 Å². The van der Waals surface area contributed by atoms with E-state index in [4.69, 9.17) is 16.2 Å². The van der Waals surface area contributed by atoms with Gasteiger partial charge in [-0.05, 0) is 48.4 Å². The van der Waals surface area contributed by atoms with E-state index in [0.29, 0.717) is 18.8 Å². The van der Waals surface area contributed by atoms with Crippen LogP contribution < -0.4 is 22.1 Å². The molecule has 3 rings (SSSR count). The molecule has 0 aromatic heterocycles. The number of hydrogen-bond donors (Lipinski definition) is 4. The SMILES string of the molecule is CC(N)=NCCCC(NC(=O)C(Cc1ccc(-c2ccccc2)cc1)NC(=O)C(C)CCC(=O)OCc1ccccc1)C(N)=O. The van der Waals surface area contributed by atoms with Gasteiger partial charge in [0.15, 0.2) is 0 Å². The average molecular weight is 614 g/mol. The highest BCUT2D eigenvalue weighted by Crippen LogP contribution is 2.20. The third kappa shape index (κ3) is 12.3. The minimum absolute atomic E-state index is 0.0493. The van der Waals surface area contributed by atoms with Crippen molar-refractivity contribution < 1.29 is 23.9 Å². The molecule has 6 N–H and O–H groups in total. The summed E-state index contributed by atoms with van der Waals surface area (Å²) >= 11 is 0. The van der Waals surface area contributed by atoms with Crippen LogP contribution in [0.5, 0.6) is 0 Å². The Morgan fingerprint density at radius 1 is 0.756 bits per heavy atom. The molecule has 3 amide bonds. The Balaban J connectivity index is 1.66. The maximum atomic E-state index is 13.5. The van der Waals surface area contributed by atoms with E-state index in [-0.39, 0.29) is 32.3 Å². The lowest BCUT2D eigenvalue weighted by molar-refractivity contribution is -0.145. The van der Waals surface area contributed by atoms with E-state index in [1.165, 1.54) is 0 Å². The number of carbonyl (C=O) groups is 4. The molecule has 3 atom stereocenters. The van der Waals surface area contributed by atoms with E-state index >= 15 is 0 Å². The molecule has 0 bridgehead atoms. The fraction of sp³-hybridized carbons (Fsp3) is 0.343. The van der Waals surface area contributed by atoms with Crippen molar-refractivity contribution >= 4 is 29.5 Å². The van der Waals surface area contributed by atoms with Gasteiger partial charge in [0.25, 0.3) is 0 Å². The second-order valence-corrected chi connectivity index (χ2v) is 11.0. The van der Waals surface area contributed by atoms with Crippen LogP contribution in [0, 0.1) is 5.92 Å². The van der Waals surface area contributed by atoms with Crippen LogP contribution in [-0.4, -0.2) is 48.2 Å². The summed E-state index contributed by atoms with van der Waals surface area (Å²) in [6.45, 7) is 3.91. The zero-order chi connectivity index (χ0) is 32.6. The Kier molecular flexibility index (Phi) is 13.8. The van der Waals surface area contributed by atoms with Gasteiger partial charge in [-0.1, -0.05) is 91.9 Å². The number of ether oxygens (including phenoxy) is 1. The van der Waals surface area contributed by atoms with Crippen LogP contribution in [0.25, 0.3) is 11.1 Å². The lowest BCUT2D eigenvalue weighted by atomic mass is 9.98. The van der Waals surface area contributed by atoms with Crippen molar-refractivity contribution in [2.24, 2.45) is 22.4 Å². The number of nitrogens with one attached hydrogen (secondary N) is 2. The molecule has 3 unspecified atom stereocenters. The van der Waals surface area contributed by atoms with Crippen molar-refractivity contribution in [2.75, 3.05) is 6.54 Å². The highest BCUT2D eigenvalue weighted by molar-refractivity contribution is 5.92. The second kappa shape index (κ2) is 18.0. The molecule has 0 fully saturated rings. The summed E-state index contributed by atoms with van der Waals surface area (Å²) in [6.07, 6.45) is 1.22. The van der Waals surface area contributed by atoms with Gasteiger partial charge in [-0.3, -0.25) is 24.2 Å². The van der Waals surface area contributed by atoms with Crippen molar-refractivity contribution in [1.82, 2.24) is 10.6 Å². The number of primary amides is 1. The molecule has 0 aliphatic heterocycles. The highest BCUT2D eigenvalue weighted by Gasteiger charge is 2.27. The normalized spacial score (nSPS) is 13.2. The van der Waals surface area contributed by atoms with Crippen molar-refractivity contribution in [3.8, 4) is 11.1 Å². The van der Waals surface area contributed by atoms with Crippen LogP contribution in [0.2, 0.25) is 0 Å². The molecule has 0 radical (unpaired) electrons. The first-order valence-electron chi connectivity index (χ1n) is 15.1. The van der Waals surface area contributed by atoms with Gasteiger partial charge in [0.1, 0.15) is 18.7 Å². The van der Waals surface area contributed by atoms with Crippen LogP contribution >= 0.6 is 0 Å². The number of esters is 1. The molecule has 0 aliphatic carbocycles. The first-order valence-corrected chi connectivity index (χ1v) is 15.1. The van der Waals surface area contributed by atoms with Crippen molar-refractivity contribution in [2.45, 2.75) is 64.6 Å². The number of nitrogens with two attached hydrogens (primary N) is 2. The molecule has 238 valence electrons. The first kappa shape index (κ1) is 34.5. The van der Waals surface area contributed by atoms with Gasteiger partial charge >= 0.3 is 5.97 Å². The maximum Gasteiger partial charge on any atom is 0.306 e. The number of benzene rings is 3. The first-order chi connectivity index (χ1) is 21.6. The molecule has 0 aliphatic rings. The molecular formula is C35H43N5O5. The molecule has 3 aromatic rings. The smallest absolute Gasteiger partial charge is 0.306 e. The van der Waals surface area contributed by atoms with Gasteiger partial charge in [-0.2, -0.15) is 0 Å². The van der Waals surface area contributed by atoms with Crippen LogP contribution in [0.15, 0.2) is 89.9 Å². The summed E-state index contributed by atoms with van der Waals surface area (Å²) in [5.41, 5.74) is 14.9. The monoisotopic (exact) mass is 613 g/mol. The Morgan fingerprint density at radius 3 is 1.98 bits per heavy atom. The number of amidine groups is 1. The molecular weight excluding hydrogens is 570 g/mol. The van der Waals surface area contributed by atoms with E-state index in [9.17, 15) is 19.2 Å². The molecule has 10 heteroatoms. The zero-order valence-electron chi connectivity index (χ0n) is 25.9. The Labute approximate surface area is 264 Å². The Hall–Kier alpha value is -4.99. The molecule has 45 heavy (non-hydrogen) atoms. The summed E-state index contributed by atoms with van der Waals surface area (Å²) in [5.74, 6) is -2.17. The van der Waals surface area contributed by atoms with Crippen LogP contribution in [0.1, 0.15) is 50.7 Å². The van der Waals surface area contributed by atoms with Crippen LogP contribution in [0.3, 0.4) is 0 Å². The summed E-state index contributed by atoms with van der Waals surface area (Å²) in [4.78, 5) is 55.3. The largest absolute Gasteiger partial charge is 0.461 e. The molecule has 10 nitrogen and oxygen atoms in total. The Bertz CT molecular complexity index is 1420. The highest BCUT2D eigenvalue weighted by atomic mass is 16.5. The lowest BCUT2D eigenvalue weighted by Gasteiger charge is -2.23. The molecule has 0 saturated carbocycles. The van der Waals surface area contributed by atoms with Gasteiger partial charge in [-0.25, -0.2) is 0 Å². The maximum absolute atomic E-state index is 13.5.